The van der Waals surface area contributed by atoms with Crippen LogP contribution in [0.4, 0.5) is 23.2 Å². The Hall–Kier alpha value is -1.78. The monoisotopic (exact) mass is 243 g/mol. The first-order valence-electron chi connectivity index (χ1n) is 4.94. The molecule has 0 N–H and O–H groups in total. The van der Waals surface area contributed by atoms with Gasteiger partial charge in [0.2, 0.25) is 0 Å². The molecule has 0 unspecified atom stereocenters. The first-order valence-corrected chi connectivity index (χ1v) is 4.94. The third-order valence-corrected chi connectivity index (χ3v) is 2.38. The van der Waals surface area contributed by atoms with E-state index in [1.54, 1.807) is 0 Å². The molecule has 1 heterocycles. The fourth-order valence-corrected chi connectivity index (χ4v) is 1.54. The lowest BCUT2D eigenvalue weighted by Crippen LogP contribution is -2.23. The number of allylic oxidation sites excluding steroid dienone is 2. The van der Waals surface area contributed by atoms with E-state index in [2.05, 4.69) is 0 Å². The average molecular weight is 243 g/mol. The van der Waals surface area contributed by atoms with E-state index < -0.39 is 17.6 Å². The van der Waals surface area contributed by atoms with Crippen LogP contribution in [-0.2, 0) is 0 Å². The van der Waals surface area contributed by atoms with Crippen LogP contribution in [0.1, 0.15) is 0 Å². The molecule has 5 heteroatoms. The van der Waals surface area contributed by atoms with Crippen molar-refractivity contribution >= 4 is 5.69 Å². The molecule has 1 aliphatic rings. The lowest BCUT2D eigenvalue weighted by atomic mass is 10.2. The van der Waals surface area contributed by atoms with E-state index in [0.29, 0.717) is 12.2 Å². The van der Waals surface area contributed by atoms with E-state index in [4.69, 9.17) is 0 Å². The van der Waals surface area contributed by atoms with Crippen LogP contribution in [0.2, 0.25) is 0 Å². The van der Waals surface area contributed by atoms with Crippen LogP contribution in [0.25, 0.3) is 0 Å². The minimum atomic E-state index is -4.37. The van der Waals surface area contributed by atoms with Gasteiger partial charge in [-0.3, -0.25) is 0 Å². The van der Waals surface area contributed by atoms with Gasteiger partial charge in [0.25, 0.3) is 0 Å². The summed E-state index contributed by atoms with van der Waals surface area (Å²) in [6.45, 7) is 0.339. The lowest BCUT2D eigenvalue weighted by molar-refractivity contribution is -0.0885. The van der Waals surface area contributed by atoms with Crippen LogP contribution in [0.3, 0.4) is 0 Å². The third-order valence-electron chi connectivity index (χ3n) is 2.38. The lowest BCUT2D eigenvalue weighted by Gasteiger charge is -2.24. The van der Waals surface area contributed by atoms with Crippen molar-refractivity contribution in [1.82, 2.24) is 0 Å². The molecular weight excluding hydrogens is 234 g/mol. The second-order valence-corrected chi connectivity index (χ2v) is 3.61. The van der Waals surface area contributed by atoms with Gasteiger partial charge in [-0.1, -0.05) is 12.2 Å². The highest BCUT2D eigenvalue weighted by Gasteiger charge is 2.33. The smallest absolute Gasteiger partial charge is 0.344 e. The van der Waals surface area contributed by atoms with E-state index in [9.17, 15) is 17.6 Å². The van der Waals surface area contributed by atoms with Gasteiger partial charge in [-0.2, -0.15) is 13.2 Å². The summed E-state index contributed by atoms with van der Waals surface area (Å²) in [6, 6.07) is 5.32. The second-order valence-electron chi connectivity index (χ2n) is 3.61. The molecule has 0 bridgehead atoms. The van der Waals surface area contributed by atoms with Gasteiger partial charge >= 0.3 is 6.18 Å². The van der Waals surface area contributed by atoms with Crippen LogP contribution in [0, 0.1) is 5.82 Å². The molecule has 90 valence electrons. The Morgan fingerprint density at radius 3 is 2.29 bits per heavy atom. The van der Waals surface area contributed by atoms with Gasteiger partial charge in [-0.15, -0.1) is 0 Å². The predicted octanol–water partition coefficient (Wildman–Crippen LogP) is 3.65. The maximum Gasteiger partial charge on any atom is 0.417 e. The summed E-state index contributed by atoms with van der Waals surface area (Å²) in [5.74, 6) is -0.415. The maximum absolute atomic E-state index is 12.7. The molecule has 2 rings (SSSR count). The van der Waals surface area contributed by atoms with Crippen LogP contribution < -0.4 is 4.90 Å². The van der Waals surface area contributed by atoms with Crippen molar-refractivity contribution in [3.8, 4) is 0 Å². The van der Waals surface area contributed by atoms with Crippen molar-refractivity contribution in [2.45, 2.75) is 6.18 Å². The SMILES string of the molecule is Fc1ccc(N2C=C(C(F)(F)F)C=CC2)cc1. The van der Waals surface area contributed by atoms with E-state index in [1.807, 2.05) is 0 Å². The Balaban J connectivity index is 2.27. The van der Waals surface area contributed by atoms with Crippen LogP contribution >= 0.6 is 0 Å². The van der Waals surface area contributed by atoms with Crippen LogP contribution in [0.15, 0.2) is 48.2 Å². The quantitative estimate of drug-likeness (QED) is 0.680. The van der Waals surface area contributed by atoms with Gasteiger partial charge in [-0.05, 0) is 24.3 Å². The Morgan fingerprint density at radius 2 is 1.71 bits per heavy atom. The number of alkyl halides is 3. The number of nitrogens with zero attached hydrogens (tertiary/aromatic N) is 1. The first kappa shape index (κ1) is 11.7. The average Bonchev–Trinajstić information content (AvgIpc) is 2.29. The standard InChI is InChI=1S/C12H9F4N/c13-10-3-5-11(6-4-10)17-7-1-2-9(8-17)12(14,15)16/h1-6,8H,7H2. The highest BCUT2D eigenvalue weighted by Crippen LogP contribution is 2.30. The Bertz CT molecular complexity index is 456. The zero-order chi connectivity index (χ0) is 12.5. The summed E-state index contributed by atoms with van der Waals surface area (Å²) in [5.41, 5.74) is -0.189. The van der Waals surface area contributed by atoms with E-state index >= 15 is 0 Å². The zero-order valence-electron chi connectivity index (χ0n) is 8.71. The van der Waals surface area contributed by atoms with E-state index in [-0.39, 0.29) is 0 Å². The summed E-state index contributed by atoms with van der Waals surface area (Å²) in [7, 11) is 0. The summed E-state index contributed by atoms with van der Waals surface area (Å²) in [5, 5.41) is 0. The second kappa shape index (κ2) is 4.24. The molecule has 0 saturated heterocycles. The summed E-state index contributed by atoms with van der Waals surface area (Å²) >= 11 is 0. The highest BCUT2D eigenvalue weighted by atomic mass is 19.4. The molecule has 0 atom stereocenters. The topological polar surface area (TPSA) is 3.24 Å². The van der Waals surface area contributed by atoms with Crippen molar-refractivity contribution in [2.24, 2.45) is 0 Å². The Morgan fingerprint density at radius 1 is 1.06 bits per heavy atom. The highest BCUT2D eigenvalue weighted by molar-refractivity contribution is 5.53. The number of hydrogen-bond acceptors (Lipinski definition) is 1. The zero-order valence-corrected chi connectivity index (χ0v) is 8.71. The van der Waals surface area contributed by atoms with Crippen molar-refractivity contribution in [2.75, 3.05) is 11.4 Å². The van der Waals surface area contributed by atoms with E-state index in [0.717, 1.165) is 12.3 Å². The molecule has 1 nitrogen and oxygen atoms in total. The molecule has 1 aliphatic heterocycles. The number of hydrogen-bond donors (Lipinski definition) is 0. The van der Waals surface area contributed by atoms with Crippen molar-refractivity contribution in [1.29, 1.82) is 0 Å². The maximum atomic E-state index is 12.7. The fourth-order valence-electron chi connectivity index (χ4n) is 1.54. The van der Waals surface area contributed by atoms with Crippen LogP contribution in [-0.4, -0.2) is 12.7 Å². The molecule has 0 aromatic heterocycles. The first-order chi connectivity index (χ1) is 7.97. The molecule has 0 spiro atoms. The van der Waals surface area contributed by atoms with Crippen molar-refractivity contribution < 1.29 is 17.6 Å². The largest absolute Gasteiger partial charge is 0.417 e. The molecule has 0 aliphatic carbocycles. The summed E-state index contributed by atoms with van der Waals surface area (Å²) in [6.07, 6.45) is -0.880. The van der Waals surface area contributed by atoms with Crippen molar-refractivity contribution in [3.05, 3.63) is 54.0 Å². The third kappa shape index (κ3) is 2.67. The Labute approximate surface area is 95.7 Å². The van der Waals surface area contributed by atoms with Gasteiger partial charge in [0.1, 0.15) is 5.82 Å². The summed E-state index contributed by atoms with van der Waals surface area (Å²) in [4.78, 5) is 1.42. The van der Waals surface area contributed by atoms with Crippen LogP contribution in [0.5, 0.6) is 0 Å². The molecule has 0 fully saturated rings. The predicted molar refractivity (Wildman–Crippen MR) is 57.0 cm³/mol. The van der Waals surface area contributed by atoms with Gasteiger partial charge < -0.3 is 4.90 Å². The van der Waals surface area contributed by atoms with Gasteiger partial charge in [-0.25, -0.2) is 4.39 Å². The molecular formula is C12H9F4N. The van der Waals surface area contributed by atoms with E-state index in [1.165, 1.54) is 35.2 Å². The number of anilines is 1. The number of benzene rings is 1. The van der Waals surface area contributed by atoms with Gasteiger partial charge in [0.05, 0.1) is 5.57 Å². The minimum absolute atomic E-state index is 0.339. The van der Waals surface area contributed by atoms with Crippen molar-refractivity contribution in [3.63, 3.8) is 0 Å². The fraction of sp³-hybridized carbons (Fsp3) is 0.167. The number of halogens is 4. The molecule has 1 aromatic carbocycles. The number of rotatable bonds is 1. The molecule has 17 heavy (non-hydrogen) atoms. The van der Waals surface area contributed by atoms with Gasteiger partial charge in [0.15, 0.2) is 0 Å². The van der Waals surface area contributed by atoms with Gasteiger partial charge in [0, 0.05) is 18.4 Å². The Kier molecular flexibility index (Phi) is 2.92. The molecule has 0 amide bonds. The molecule has 1 aromatic rings. The normalized spacial score (nSPS) is 16.0. The summed E-state index contributed by atoms with van der Waals surface area (Å²) < 4.78 is 50.2. The molecule has 0 saturated carbocycles. The minimum Gasteiger partial charge on any atom is -0.344 e. The molecule has 0 radical (unpaired) electrons.